The summed E-state index contributed by atoms with van der Waals surface area (Å²) < 4.78 is 50.8. The smallest absolute Gasteiger partial charge is 0.398 e. The number of carbonyl (C=O) groups excluding carboxylic acids is 1. The third-order valence-electron chi connectivity index (χ3n) is 1.92. The predicted octanol–water partition coefficient (Wildman–Crippen LogP) is 1.45. The molecule has 0 aliphatic rings. The van der Waals surface area contributed by atoms with Crippen LogP contribution in [-0.2, 0) is 17.4 Å². The third kappa shape index (κ3) is 2.41. The van der Waals surface area contributed by atoms with Crippen molar-refractivity contribution in [1.29, 1.82) is 0 Å². The van der Waals surface area contributed by atoms with Crippen LogP contribution in [0, 0.1) is 5.82 Å². The number of anilines is 1. The summed E-state index contributed by atoms with van der Waals surface area (Å²) in [5.41, 5.74) is 7.06. The van der Waals surface area contributed by atoms with Crippen LogP contribution in [0.3, 0.4) is 0 Å². The van der Waals surface area contributed by atoms with Crippen LogP contribution in [0.2, 0.25) is 0 Å². The first-order valence-electron chi connectivity index (χ1n) is 4.16. The van der Waals surface area contributed by atoms with E-state index in [1.807, 2.05) is 0 Å². The summed E-state index contributed by atoms with van der Waals surface area (Å²) in [5.74, 6) is -2.21. The standard InChI is InChI=1S/C9H8F4N2O/c10-5-1-2-6(14)8(9(11,12)13)4(5)3-7(15)16/h1-2H,3,14H2,(H2,15,16). The van der Waals surface area contributed by atoms with Gasteiger partial charge >= 0.3 is 6.18 Å². The van der Waals surface area contributed by atoms with E-state index < -0.39 is 41.1 Å². The lowest BCUT2D eigenvalue weighted by atomic mass is 10.0. The van der Waals surface area contributed by atoms with Crippen LogP contribution in [0.15, 0.2) is 12.1 Å². The fourth-order valence-electron chi connectivity index (χ4n) is 1.32. The fourth-order valence-corrected chi connectivity index (χ4v) is 1.32. The highest BCUT2D eigenvalue weighted by atomic mass is 19.4. The van der Waals surface area contributed by atoms with Crippen LogP contribution in [0.4, 0.5) is 23.2 Å². The van der Waals surface area contributed by atoms with Crippen molar-refractivity contribution in [3.63, 3.8) is 0 Å². The van der Waals surface area contributed by atoms with Gasteiger partial charge in [-0.3, -0.25) is 4.79 Å². The van der Waals surface area contributed by atoms with Gasteiger partial charge in [0.2, 0.25) is 5.91 Å². The normalized spacial score (nSPS) is 11.5. The van der Waals surface area contributed by atoms with Crippen molar-refractivity contribution in [2.75, 3.05) is 5.73 Å². The van der Waals surface area contributed by atoms with Crippen molar-refractivity contribution in [2.45, 2.75) is 12.6 Å². The largest absolute Gasteiger partial charge is 0.418 e. The summed E-state index contributed by atoms with van der Waals surface area (Å²) >= 11 is 0. The SMILES string of the molecule is NC(=O)Cc1c(F)ccc(N)c1C(F)(F)F. The first kappa shape index (κ1) is 12.3. The number of nitrogens with two attached hydrogens (primary N) is 2. The Balaban J connectivity index is 3.43. The minimum atomic E-state index is -4.82. The molecule has 0 fully saturated rings. The van der Waals surface area contributed by atoms with Gasteiger partial charge in [0.15, 0.2) is 0 Å². The first-order valence-corrected chi connectivity index (χ1v) is 4.16. The van der Waals surface area contributed by atoms with Crippen molar-refractivity contribution in [3.05, 3.63) is 29.1 Å². The highest BCUT2D eigenvalue weighted by molar-refractivity contribution is 5.78. The molecule has 0 spiro atoms. The predicted molar refractivity (Wildman–Crippen MR) is 48.7 cm³/mol. The molecule has 0 radical (unpaired) electrons. The van der Waals surface area contributed by atoms with Crippen LogP contribution in [0.5, 0.6) is 0 Å². The van der Waals surface area contributed by atoms with Gasteiger partial charge in [-0.2, -0.15) is 13.2 Å². The number of benzene rings is 1. The van der Waals surface area contributed by atoms with E-state index in [-0.39, 0.29) is 0 Å². The van der Waals surface area contributed by atoms with Crippen LogP contribution in [0.25, 0.3) is 0 Å². The Morgan fingerprint density at radius 3 is 2.31 bits per heavy atom. The molecular weight excluding hydrogens is 228 g/mol. The second-order valence-electron chi connectivity index (χ2n) is 3.13. The van der Waals surface area contributed by atoms with Gasteiger partial charge in [-0.15, -0.1) is 0 Å². The maximum absolute atomic E-state index is 13.2. The zero-order valence-corrected chi connectivity index (χ0v) is 7.94. The second kappa shape index (κ2) is 3.99. The Hall–Kier alpha value is -1.79. The molecular formula is C9H8F4N2O. The zero-order valence-electron chi connectivity index (χ0n) is 7.94. The van der Waals surface area contributed by atoms with Crippen molar-refractivity contribution in [3.8, 4) is 0 Å². The molecule has 0 saturated heterocycles. The topological polar surface area (TPSA) is 69.1 Å². The molecule has 0 aromatic heterocycles. The molecule has 1 aromatic rings. The molecule has 0 saturated carbocycles. The number of rotatable bonds is 2. The summed E-state index contributed by atoms with van der Waals surface area (Å²) in [6.45, 7) is 0. The van der Waals surface area contributed by atoms with Crippen molar-refractivity contribution >= 4 is 11.6 Å². The highest BCUT2D eigenvalue weighted by Crippen LogP contribution is 2.37. The van der Waals surface area contributed by atoms with Gasteiger partial charge in [-0.25, -0.2) is 4.39 Å². The van der Waals surface area contributed by atoms with E-state index in [1.54, 1.807) is 0 Å². The molecule has 3 nitrogen and oxygen atoms in total. The van der Waals surface area contributed by atoms with E-state index in [1.165, 1.54) is 0 Å². The molecule has 0 heterocycles. The van der Waals surface area contributed by atoms with Crippen LogP contribution < -0.4 is 11.5 Å². The maximum Gasteiger partial charge on any atom is 0.418 e. The minimum absolute atomic E-state index is 0.634. The molecule has 1 aromatic carbocycles. The van der Waals surface area contributed by atoms with Crippen LogP contribution in [-0.4, -0.2) is 5.91 Å². The Morgan fingerprint density at radius 1 is 1.31 bits per heavy atom. The molecule has 88 valence electrons. The van der Waals surface area contributed by atoms with E-state index >= 15 is 0 Å². The van der Waals surface area contributed by atoms with Crippen LogP contribution in [0.1, 0.15) is 11.1 Å². The molecule has 0 unspecified atom stereocenters. The van der Waals surface area contributed by atoms with E-state index in [9.17, 15) is 22.4 Å². The number of amides is 1. The molecule has 0 atom stereocenters. The monoisotopic (exact) mass is 236 g/mol. The Morgan fingerprint density at radius 2 is 1.88 bits per heavy atom. The number of halogens is 4. The molecule has 0 aliphatic carbocycles. The molecule has 0 aliphatic heterocycles. The molecule has 1 rings (SSSR count). The molecule has 0 bridgehead atoms. The zero-order chi connectivity index (χ0) is 12.5. The number of hydrogen-bond donors (Lipinski definition) is 2. The lowest BCUT2D eigenvalue weighted by Crippen LogP contribution is -2.20. The van der Waals surface area contributed by atoms with Gasteiger partial charge in [0.1, 0.15) is 5.82 Å². The summed E-state index contributed by atoms with van der Waals surface area (Å²) in [4.78, 5) is 10.6. The molecule has 7 heteroatoms. The Labute approximate surface area is 88.0 Å². The van der Waals surface area contributed by atoms with Crippen LogP contribution >= 0.6 is 0 Å². The number of hydrogen-bond acceptors (Lipinski definition) is 2. The average molecular weight is 236 g/mol. The van der Waals surface area contributed by atoms with Crippen molar-refractivity contribution in [2.24, 2.45) is 5.73 Å². The van der Waals surface area contributed by atoms with E-state index in [0.29, 0.717) is 0 Å². The molecule has 4 N–H and O–H groups in total. The third-order valence-corrected chi connectivity index (χ3v) is 1.92. The van der Waals surface area contributed by atoms with E-state index in [4.69, 9.17) is 11.5 Å². The Kier molecular flexibility index (Phi) is 3.06. The van der Waals surface area contributed by atoms with Gasteiger partial charge in [-0.1, -0.05) is 0 Å². The molecule has 1 amide bonds. The lowest BCUT2D eigenvalue weighted by Gasteiger charge is -2.15. The van der Waals surface area contributed by atoms with Crippen molar-refractivity contribution < 1.29 is 22.4 Å². The number of primary amides is 1. The Bertz CT molecular complexity index is 428. The average Bonchev–Trinajstić information content (AvgIpc) is 2.08. The van der Waals surface area contributed by atoms with Gasteiger partial charge in [0.05, 0.1) is 12.0 Å². The van der Waals surface area contributed by atoms with E-state index in [2.05, 4.69) is 0 Å². The molecule has 16 heavy (non-hydrogen) atoms. The summed E-state index contributed by atoms with van der Waals surface area (Å²) in [7, 11) is 0. The second-order valence-corrected chi connectivity index (χ2v) is 3.13. The van der Waals surface area contributed by atoms with E-state index in [0.717, 1.165) is 12.1 Å². The number of alkyl halides is 3. The summed E-state index contributed by atoms with van der Waals surface area (Å²) in [6.07, 6.45) is -5.66. The van der Waals surface area contributed by atoms with Gasteiger partial charge in [0, 0.05) is 11.3 Å². The lowest BCUT2D eigenvalue weighted by molar-refractivity contribution is -0.137. The quantitative estimate of drug-likeness (QED) is 0.602. The number of nitrogen functional groups attached to an aromatic ring is 1. The first-order chi connectivity index (χ1) is 7.23. The van der Waals surface area contributed by atoms with Gasteiger partial charge in [-0.05, 0) is 12.1 Å². The highest BCUT2D eigenvalue weighted by Gasteiger charge is 2.37. The summed E-state index contributed by atoms with van der Waals surface area (Å²) in [5, 5.41) is 0. The van der Waals surface area contributed by atoms with Gasteiger partial charge < -0.3 is 11.5 Å². The van der Waals surface area contributed by atoms with Gasteiger partial charge in [0.25, 0.3) is 0 Å². The maximum atomic E-state index is 13.2. The fraction of sp³-hybridized carbons (Fsp3) is 0.222. The minimum Gasteiger partial charge on any atom is -0.398 e. The summed E-state index contributed by atoms with van der Waals surface area (Å²) in [6, 6.07) is 1.56. The number of carbonyl (C=O) groups is 1. The van der Waals surface area contributed by atoms with Crippen molar-refractivity contribution in [1.82, 2.24) is 0 Å².